The molecule has 0 amide bonds. The van der Waals surface area contributed by atoms with E-state index in [-0.39, 0.29) is 12.5 Å². The average Bonchev–Trinajstić information content (AvgIpc) is 2.37. The molecule has 4 nitrogen and oxygen atoms in total. The molecule has 1 heterocycles. The van der Waals surface area contributed by atoms with E-state index in [2.05, 4.69) is 45.2 Å². The Kier molecular flexibility index (Phi) is 4.82. The molecular weight excluding hydrogens is 308 g/mol. The van der Waals surface area contributed by atoms with Gasteiger partial charge in [0, 0.05) is 41.8 Å². The number of anilines is 1. The summed E-state index contributed by atoms with van der Waals surface area (Å²) in [6.45, 7) is 3.89. The highest BCUT2D eigenvalue weighted by molar-refractivity contribution is 9.10. The molecular formula is C14H19BrN2O2. The van der Waals surface area contributed by atoms with Gasteiger partial charge in [-0.2, -0.15) is 0 Å². The third kappa shape index (κ3) is 3.94. The Labute approximate surface area is 121 Å². The molecule has 0 saturated carbocycles. The summed E-state index contributed by atoms with van der Waals surface area (Å²) >= 11 is 3.49. The van der Waals surface area contributed by atoms with Crippen LogP contribution in [0, 0.1) is 0 Å². The maximum atomic E-state index is 10.8. The van der Waals surface area contributed by atoms with Crippen molar-refractivity contribution in [1.29, 1.82) is 0 Å². The van der Waals surface area contributed by atoms with E-state index in [0.717, 1.165) is 23.2 Å². The number of carboxylic acid groups (broad SMARTS) is 1. The molecule has 0 aliphatic carbocycles. The first-order valence-electron chi connectivity index (χ1n) is 6.53. The van der Waals surface area contributed by atoms with Gasteiger partial charge in [0.2, 0.25) is 0 Å². The van der Waals surface area contributed by atoms with Crippen molar-refractivity contribution in [3.8, 4) is 0 Å². The summed E-state index contributed by atoms with van der Waals surface area (Å²) < 4.78 is 1.05. The van der Waals surface area contributed by atoms with Crippen LogP contribution in [-0.2, 0) is 4.79 Å². The molecule has 1 aromatic carbocycles. The number of halogens is 1. The summed E-state index contributed by atoms with van der Waals surface area (Å²) in [6, 6.07) is 8.84. The molecule has 2 N–H and O–H groups in total. The van der Waals surface area contributed by atoms with Gasteiger partial charge in [-0.1, -0.05) is 22.0 Å². The molecule has 1 aliphatic rings. The standard InChI is InChI=1S/C14H19BrN2O2/c1-10-9-17(12-4-2-3-11(15)7-12)13(8-16-10)5-6-14(18)19/h2-4,7,10,13,16H,5-6,8-9H2,1H3,(H,18,19). The Hall–Kier alpha value is -1.07. The summed E-state index contributed by atoms with van der Waals surface area (Å²) in [6.07, 6.45) is 0.882. The number of benzene rings is 1. The lowest BCUT2D eigenvalue weighted by atomic mass is 10.0. The van der Waals surface area contributed by atoms with Gasteiger partial charge >= 0.3 is 5.97 Å². The first-order chi connectivity index (χ1) is 9.06. The molecule has 1 fully saturated rings. The molecule has 0 radical (unpaired) electrons. The lowest BCUT2D eigenvalue weighted by Gasteiger charge is -2.41. The maximum Gasteiger partial charge on any atom is 0.303 e. The number of rotatable bonds is 4. The molecule has 0 spiro atoms. The Morgan fingerprint density at radius 3 is 3.05 bits per heavy atom. The minimum absolute atomic E-state index is 0.214. The van der Waals surface area contributed by atoms with Gasteiger partial charge in [-0.3, -0.25) is 4.79 Å². The second-order valence-corrected chi connectivity index (χ2v) is 5.94. The molecule has 2 rings (SSSR count). The third-order valence-corrected chi connectivity index (χ3v) is 3.94. The van der Waals surface area contributed by atoms with Gasteiger partial charge in [0.25, 0.3) is 0 Å². The van der Waals surface area contributed by atoms with Gasteiger partial charge in [0.1, 0.15) is 0 Å². The van der Waals surface area contributed by atoms with Crippen LogP contribution in [0.1, 0.15) is 19.8 Å². The normalized spacial score (nSPS) is 23.4. The van der Waals surface area contributed by atoms with E-state index in [1.807, 2.05) is 12.1 Å². The molecule has 19 heavy (non-hydrogen) atoms. The zero-order valence-corrected chi connectivity index (χ0v) is 12.6. The zero-order chi connectivity index (χ0) is 13.8. The van der Waals surface area contributed by atoms with Gasteiger partial charge in [0.05, 0.1) is 0 Å². The quantitative estimate of drug-likeness (QED) is 0.892. The smallest absolute Gasteiger partial charge is 0.303 e. The molecule has 1 saturated heterocycles. The summed E-state index contributed by atoms with van der Waals surface area (Å²) in [5, 5.41) is 12.3. The summed E-state index contributed by atoms with van der Waals surface area (Å²) in [4.78, 5) is 13.1. The van der Waals surface area contributed by atoms with Gasteiger partial charge in [-0.05, 0) is 31.5 Å². The number of nitrogens with one attached hydrogen (secondary N) is 1. The van der Waals surface area contributed by atoms with Crippen LogP contribution in [0.3, 0.4) is 0 Å². The number of carbonyl (C=O) groups is 1. The van der Waals surface area contributed by atoms with Crippen molar-refractivity contribution in [3.63, 3.8) is 0 Å². The number of carboxylic acids is 1. The fourth-order valence-electron chi connectivity index (χ4n) is 2.48. The van der Waals surface area contributed by atoms with Crippen LogP contribution in [-0.4, -0.2) is 36.2 Å². The number of hydrogen-bond acceptors (Lipinski definition) is 3. The van der Waals surface area contributed by atoms with E-state index >= 15 is 0 Å². The van der Waals surface area contributed by atoms with Crippen molar-refractivity contribution in [2.45, 2.75) is 31.8 Å². The predicted octanol–water partition coefficient (Wildman–Crippen LogP) is 2.48. The van der Waals surface area contributed by atoms with Gasteiger partial charge < -0.3 is 15.3 Å². The first kappa shape index (κ1) is 14.3. The summed E-state index contributed by atoms with van der Waals surface area (Å²) in [5.74, 6) is -0.729. The van der Waals surface area contributed by atoms with Crippen molar-refractivity contribution < 1.29 is 9.90 Å². The van der Waals surface area contributed by atoms with Crippen LogP contribution in [0.5, 0.6) is 0 Å². The lowest BCUT2D eigenvalue weighted by molar-refractivity contribution is -0.137. The van der Waals surface area contributed by atoms with Crippen LogP contribution in [0.15, 0.2) is 28.7 Å². The Morgan fingerprint density at radius 1 is 1.58 bits per heavy atom. The molecule has 1 aromatic rings. The Bertz CT molecular complexity index is 453. The molecule has 2 atom stereocenters. The Morgan fingerprint density at radius 2 is 2.37 bits per heavy atom. The Balaban J connectivity index is 2.14. The average molecular weight is 327 g/mol. The van der Waals surface area contributed by atoms with Crippen LogP contribution >= 0.6 is 15.9 Å². The van der Waals surface area contributed by atoms with Crippen molar-refractivity contribution in [2.24, 2.45) is 0 Å². The fourth-order valence-corrected chi connectivity index (χ4v) is 2.86. The molecule has 2 unspecified atom stereocenters. The van der Waals surface area contributed by atoms with E-state index in [1.165, 1.54) is 0 Å². The van der Waals surface area contributed by atoms with E-state index in [1.54, 1.807) is 0 Å². The number of piperazine rings is 1. The lowest BCUT2D eigenvalue weighted by Crippen LogP contribution is -2.55. The third-order valence-electron chi connectivity index (χ3n) is 3.44. The zero-order valence-electron chi connectivity index (χ0n) is 11.0. The summed E-state index contributed by atoms with van der Waals surface area (Å²) in [7, 11) is 0. The minimum Gasteiger partial charge on any atom is -0.481 e. The highest BCUT2D eigenvalue weighted by Crippen LogP contribution is 2.25. The maximum absolute atomic E-state index is 10.8. The second kappa shape index (κ2) is 6.39. The van der Waals surface area contributed by atoms with Crippen molar-refractivity contribution in [2.75, 3.05) is 18.0 Å². The number of hydrogen-bond donors (Lipinski definition) is 2. The van der Waals surface area contributed by atoms with Crippen molar-refractivity contribution in [3.05, 3.63) is 28.7 Å². The van der Waals surface area contributed by atoms with E-state index in [0.29, 0.717) is 12.5 Å². The molecule has 1 aliphatic heterocycles. The summed E-state index contributed by atoms with van der Waals surface area (Å²) in [5.41, 5.74) is 1.15. The van der Waals surface area contributed by atoms with Gasteiger partial charge in [0.15, 0.2) is 0 Å². The highest BCUT2D eigenvalue weighted by atomic mass is 79.9. The molecule has 5 heteroatoms. The van der Waals surface area contributed by atoms with Crippen LogP contribution in [0.4, 0.5) is 5.69 Å². The van der Waals surface area contributed by atoms with Crippen molar-refractivity contribution in [1.82, 2.24) is 5.32 Å². The SMILES string of the molecule is CC1CN(c2cccc(Br)c2)C(CCC(=O)O)CN1. The van der Waals surface area contributed by atoms with E-state index in [4.69, 9.17) is 5.11 Å². The minimum atomic E-state index is -0.729. The van der Waals surface area contributed by atoms with Crippen LogP contribution < -0.4 is 10.2 Å². The monoisotopic (exact) mass is 326 g/mol. The highest BCUT2D eigenvalue weighted by Gasteiger charge is 2.26. The topological polar surface area (TPSA) is 52.6 Å². The predicted molar refractivity (Wildman–Crippen MR) is 79.6 cm³/mol. The van der Waals surface area contributed by atoms with Gasteiger partial charge in [-0.15, -0.1) is 0 Å². The molecule has 0 aromatic heterocycles. The molecule has 0 bridgehead atoms. The van der Waals surface area contributed by atoms with E-state index < -0.39 is 5.97 Å². The first-order valence-corrected chi connectivity index (χ1v) is 7.33. The largest absolute Gasteiger partial charge is 0.481 e. The van der Waals surface area contributed by atoms with Gasteiger partial charge in [-0.25, -0.2) is 0 Å². The molecule has 104 valence electrons. The fraction of sp³-hybridized carbons (Fsp3) is 0.500. The van der Waals surface area contributed by atoms with Crippen molar-refractivity contribution >= 4 is 27.6 Å². The number of aliphatic carboxylic acids is 1. The van der Waals surface area contributed by atoms with Crippen LogP contribution in [0.25, 0.3) is 0 Å². The second-order valence-electron chi connectivity index (χ2n) is 5.03. The number of nitrogens with zero attached hydrogens (tertiary/aromatic N) is 1. The van der Waals surface area contributed by atoms with Crippen LogP contribution in [0.2, 0.25) is 0 Å². The van der Waals surface area contributed by atoms with E-state index in [9.17, 15) is 4.79 Å².